The van der Waals surface area contributed by atoms with E-state index in [-0.39, 0.29) is 39.8 Å². The van der Waals surface area contributed by atoms with E-state index < -0.39 is 41.4 Å². The third-order valence-electron chi connectivity index (χ3n) is 6.20. The highest BCUT2D eigenvalue weighted by molar-refractivity contribution is 6.05. The Labute approximate surface area is 202 Å². The fourth-order valence-electron chi connectivity index (χ4n) is 4.17. The highest BCUT2D eigenvalue weighted by Gasteiger charge is 2.47. The first-order valence-corrected chi connectivity index (χ1v) is 11.3. The zero-order valence-corrected chi connectivity index (χ0v) is 19.3. The van der Waals surface area contributed by atoms with E-state index >= 15 is 0 Å². The standard InChI is InChI=1S/C25H23F6N3O2/c1-13(2)9-18(22(35)34-23(12-32)7-8-23)33-21(25(29,30)31)14-3-5-16-17-11-15(24(26,27)28)4-6-19(17)36-20(16)10-14/h3-6,10-11,13,18,21,33H,7-9H2,1-2H3,(H,34,35). The van der Waals surface area contributed by atoms with E-state index in [0.29, 0.717) is 12.8 Å². The molecule has 1 saturated carbocycles. The van der Waals surface area contributed by atoms with Crippen molar-refractivity contribution in [3.63, 3.8) is 0 Å². The van der Waals surface area contributed by atoms with Gasteiger partial charge in [-0.25, -0.2) is 0 Å². The van der Waals surface area contributed by atoms with Crippen molar-refractivity contribution >= 4 is 27.8 Å². The number of furan rings is 1. The topological polar surface area (TPSA) is 78.1 Å². The SMILES string of the molecule is CC(C)CC(NC(c1ccc2c(c1)oc1ccc(C(F)(F)F)cc12)C(F)(F)F)C(=O)NC1(C#N)CC1. The van der Waals surface area contributed by atoms with Crippen LogP contribution >= 0.6 is 0 Å². The van der Waals surface area contributed by atoms with Crippen LogP contribution in [0.1, 0.15) is 50.3 Å². The number of fused-ring (bicyclic) bond motifs is 3. The molecule has 0 spiro atoms. The van der Waals surface area contributed by atoms with Gasteiger partial charge in [0.2, 0.25) is 5.91 Å². The minimum absolute atomic E-state index is 0.0100. The Bertz CT molecular complexity index is 1330. The van der Waals surface area contributed by atoms with Gasteiger partial charge in [0.1, 0.15) is 22.7 Å². The average Bonchev–Trinajstić information content (AvgIpc) is 3.45. The predicted molar refractivity (Wildman–Crippen MR) is 120 cm³/mol. The molecule has 3 aromatic rings. The normalized spacial score (nSPS) is 17.2. The lowest BCUT2D eigenvalue weighted by molar-refractivity contribution is -0.161. The Balaban J connectivity index is 1.69. The monoisotopic (exact) mass is 511 g/mol. The van der Waals surface area contributed by atoms with Crippen LogP contribution in [0.15, 0.2) is 40.8 Å². The number of rotatable bonds is 7. The zero-order valence-electron chi connectivity index (χ0n) is 19.3. The van der Waals surface area contributed by atoms with Gasteiger partial charge >= 0.3 is 12.4 Å². The van der Waals surface area contributed by atoms with Gasteiger partial charge in [0, 0.05) is 10.8 Å². The molecule has 1 aromatic heterocycles. The predicted octanol–water partition coefficient (Wildman–Crippen LogP) is 6.38. The van der Waals surface area contributed by atoms with Crippen molar-refractivity contribution in [2.45, 2.75) is 63.1 Å². The number of nitriles is 1. The van der Waals surface area contributed by atoms with E-state index in [1.807, 2.05) is 6.07 Å². The van der Waals surface area contributed by atoms with Crippen LogP contribution in [0.5, 0.6) is 0 Å². The molecule has 1 aliphatic carbocycles. The highest BCUT2D eigenvalue weighted by atomic mass is 19.4. The summed E-state index contributed by atoms with van der Waals surface area (Å²) < 4.78 is 87.4. The van der Waals surface area contributed by atoms with E-state index in [2.05, 4.69) is 10.6 Å². The number of hydrogen-bond donors (Lipinski definition) is 2. The number of benzene rings is 2. The molecule has 0 saturated heterocycles. The molecule has 192 valence electrons. The molecule has 1 aliphatic rings. The van der Waals surface area contributed by atoms with Crippen LogP contribution in [0.2, 0.25) is 0 Å². The third kappa shape index (κ3) is 5.28. The first-order valence-electron chi connectivity index (χ1n) is 11.3. The molecule has 1 fully saturated rings. The minimum Gasteiger partial charge on any atom is -0.456 e. The number of halogens is 6. The molecular weight excluding hydrogens is 488 g/mol. The Morgan fingerprint density at radius 2 is 1.75 bits per heavy atom. The smallest absolute Gasteiger partial charge is 0.416 e. The van der Waals surface area contributed by atoms with Gasteiger partial charge in [0.05, 0.1) is 17.7 Å². The second-order valence-electron chi connectivity index (χ2n) is 9.57. The number of alkyl halides is 6. The number of nitrogens with zero attached hydrogens (tertiary/aromatic N) is 1. The maximum absolute atomic E-state index is 14.2. The van der Waals surface area contributed by atoms with Crippen molar-refractivity contribution in [2.75, 3.05) is 0 Å². The molecule has 0 aliphatic heterocycles. The molecule has 0 bridgehead atoms. The lowest BCUT2D eigenvalue weighted by Gasteiger charge is -2.29. The lowest BCUT2D eigenvalue weighted by atomic mass is 9.98. The Morgan fingerprint density at radius 1 is 1.06 bits per heavy atom. The van der Waals surface area contributed by atoms with Crippen LogP contribution in [0.3, 0.4) is 0 Å². The van der Waals surface area contributed by atoms with E-state index in [0.717, 1.165) is 30.3 Å². The van der Waals surface area contributed by atoms with Crippen molar-refractivity contribution in [3.05, 3.63) is 47.5 Å². The fraction of sp³-hybridized carbons (Fsp3) is 0.440. The number of hydrogen-bond acceptors (Lipinski definition) is 4. The van der Waals surface area contributed by atoms with Gasteiger partial charge in [-0.05, 0) is 55.0 Å². The summed E-state index contributed by atoms with van der Waals surface area (Å²) in [6.07, 6.45) is -8.42. The summed E-state index contributed by atoms with van der Waals surface area (Å²) >= 11 is 0. The molecule has 0 radical (unpaired) electrons. The van der Waals surface area contributed by atoms with Crippen LogP contribution in [0.4, 0.5) is 26.3 Å². The van der Waals surface area contributed by atoms with Crippen molar-refractivity contribution < 1.29 is 35.6 Å². The van der Waals surface area contributed by atoms with Crippen molar-refractivity contribution in [1.29, 1.82) is 5.26 Å². The van der Waals surface area contributed by atoms with Crippen LogP contribution in [0.25, 0.3) is 21.9 Å². The molecule has 4 rings (SSSR count). The van der Waals surface area contributed by atoms with Crippen molar-refractivity contribution in [2.24, 2.45) is 5.92 Å². The van der Waals surface area contributed by atoms with Gasteiger partial charge in [0.25, 0.3) is 0 Å². The van der Waals surface area contributed by atoms with Gasteiger partial charge < -0.3 is 9.73 Å². The average molecular weight is 511 g/mol. The van der Waals surface area contributed by atoms with Crippen molar-refractivity contribution in [3.8, 4) is 6.07 Å². The molecule has 2 atom stereocenters. The lowest BCUT2D eigenvalue weighted by Crippen LogP contribution is -2.52. The molecule has 2 unspecified atom stereocenters. The maximum Gasteiger partial charge on any atom is 0.416 e. The van der Waals surface area contributed by atoms with Crippen LogP contribution in [-0.4, -0.2) is 23.7 Å². The Morgan fingerprint density at radius 3 is 2.31 bits per heavy atom. The summed E-state index contributed by atoms with van der Waals surface area (Å²) in [5.41, 5.74) is -2.10. The number of amides is 1. The molecule has 11 heteroatoms. The molecule has 36 heavy (non-hydrogen) atoms. The third-order valence-corrected chi connectivity index (χ3v) is 6.20. The molecular formula is C25H23F6N3O2. The van der Waals surface area contributed by atoms with E-state index in [1.54, 1.807) is 13.8 Å². The van der Waals surface area contributed by atoms with Crippen LogP contribution in [0, 0.1) is 17.2 Å². The molecule has 1 amide bonds. The van der Waals surface area contributed by atoms with Crippen LogP contribution in [-0.2, 0) is 11.0 Å². The van der Waals surface area contributed by atoms with Gasteiger partial charge in [-0.2, -0.15) is 31.6 Å². The summed E-state index contributed by atoms with van der Waals surface area (Å²) in [5.74, 6) is -0.818. The Hall–Kier alpha value is -3.26. The van der Waals surface area contributed by atoms with Gasteiger partial charge in [-0.1, -0.05) is 26.0 Å². The van der Waals surface area contributed by atoms with Crippen molar-refractivity contribution in [1.82, 2.24) is 10.6 Å². The minimum atomic E-state index is -4.80. The van der Waals surface area contributed by atoms with Gasteiger partial charge in [0.15, 0.2) is 0 Å². The summed E-state index contributed by atoms with van der Waals surface area (Å²) in [5, 5.41) is 14.6. The van der Waals surface area contributed by atoms with E-state index in [4.69, 9.17) is 4.42 Å². The number of carbonyl (C=O) groups is 1. The summed E-state index contributed by atoms with van der Waals surface area (Å²) in [4.78, 5) is 12.8. The summed E-state index contributed by atoms with van der Waals surface area (Å²) in [6.45, 7) is 3.52. The van der Waals surface area contributed by atoms with Gasteiger partial charge in [-0.15, -0.1) is 0 Å². The molecule has 2 aromatic carbocycles. The molecule has 5 nitrogen and oxygen atoms in total. The first kappa shape index (κ1) is 25.8. The largest absolute Gasteiger partial charge is 0.456 e. The van der Waals surface area contributed by atoms with Crippen LogP contribution < -0.4 is 10.6 Å². The first-order chi connectivity index (χ1) is 16.7. The summed E-state index contributed by atoms with van der Waals surface area (Å²) in [7, 11) is 0. The van der Waals surface area contributed by atoms with Gasteiger partial charge in [-0.3, -0.25) is 10.1 Å². The maximum atomic E-state index is 14.2. The second-order valence-corrected chi connectivity index (χ2v) is 9.57. The quantitative estimate of drug-likeness (QED) is 0.361. The highest BCUT2D eigenvalue weighted by Crippen LogP contribution is 2.39. The molecule has 2 N–H and O–H groups in total. The van der Waals surface area contributed by atoms with E-state index in [1.165, 1.54) is 6.07 Å². The van der Waals surface area contributed by atoms with E-state index in [9.17, 15) is 36.4 Å². The fourth-order valence-corrected chi connectivity index (χ4v) is 4.17. The Kier molecular flexibility index (Phi) is 6.45. The number of nitrogens with one attached hydrogen (secondary N) is 2. The summed E-state index contributed by atoms with van der Waals surface area (Å²) in [6, 6.07) is 4.92. The zero-order chi connectivity index (χ0) is 26.5. The number of carbonyl (C=O) groups excluding carboxylic acids is 1. The molecule has 1 heterocycles. The second kappa shape index (κ2) is 9.00.